The van der Waals surface area contributed by atoms with Gasteiger partial charge in [0.2, 0.25) is 0 Å². The van der Waals surface area contributed by atoms with Gasteiger partial charge in [0.15, 0.2) is 0 Å². The molecule has 0 atom stereocenters. The van der Waals surface area contributed by atoms with Crippen LogP contribution in [-0.2, 0) is 6.54 Å². The van der Waals surface area contributed by atoms with Gasteiger partial charge in [-0.05, 0) is 41.0 Å². The lowest BCUT2D eigenvalue weighted by atomic mass is 10.0. The van der Waals surface area contributed by atoms with Crippen LogP contribution in [0.2, 0.25) is 0 Å². The Morgan fingerprint density at radius 2 is 1.79 bits per heavy atom. The number of aryl methyl sites for hydroxylation is 1. The molecule has 4 rings (SSSR count). The number of carboxylic acids is 1. The topological polar surface area (TPSA) is 104 Å². The van der Waals surface area contributed by atoms with E-state index >= 15 is 0 Å². The first-order valence-electron chi connectivity index (χ1n) is 8.70. The summed E-state index contributed by atoms with van der Waals surface area (Å²) in [5, 5.41) is 16.8. The zero-order valence-electron chi connectivity index (χ0n) is 15.0. The number of hydrogen-bond acceptors (Lipinski definition) is 3. The number of benzene rings is 3. The van der Waals surface area contributed by atoms with Crippen LogP contribution >= 0.6 is 0 Å². The molecule has 0 aliphatic rings. The van der Waals surface area contributed by atoms with Crippen LogP contribution in [0.1, 0.15) is 21.5 Å². The smallest absolute Gasteiger partial charge is 0.343 e. The largest absolute Gasteiger partial charge is 0.478 e. The number of carboxylic acid groups (broad SMARTS) is 1. The van der Waals surface area contributed by atoms with Crippen LogP contribution in [0.4, 0.5) is 4.79 Å². The van der Waals surface area contributed by atoms with Crippen molar-refractivity contribution in [3.8, 4) is 0 Å². The molecule has 1 heterocycles. The summed E-state index contributed by atoms with van der Waals surface area (Å²) in [7, 11) is 0. The highest BCUT2D eigenvalue weighted by Gasteiger charge is 2.18. The molecule has 3 N–H and O–H groups in total. The maximum Gasteiger partial charge on any atom is 0.343 e. The van der Waals surface area contributed by atoms with Crippen molar-refractivity contribution in [1.29, 1.82) is 0 Å². The van der Waals surface area contributed by atoms with Crippen molar-refractivity contribution in [2.75, 3.05) is 0 Å². The molecule has 0 aliphatic heterocycles. The molecule has 3 aromatic carbocycles. The summed E-state index contributed by atoms with van der Waals surface area (Å²) in [5.74, 6) is -1.22. The van der Waals surface area contributed by atoms with Crippen LogP contribution in [0.15, 0.2) is 59.4 Å². The molecule has 0 spiro atoms. The van der Waals surface area contributed by atoms with Gasteiger partial charge in [0, 0.05) is 6.54 Å². The fraction of sp³-hybridized carbons (Fsp3) is 0.0952. The summed E-state index contributed by atoms with van der Waals surface area (Å²) in [5.41, 5.74) is 1.51. The van der Waals surface area contributed by atoms with Gasteiger partial charge in [-0.1, -0.05) is 42.5 Å². The fourth-order valence-corrected chi connectivity index (χ4v) is 3.40. The number of rotatable bonds is 3. The molecule has 4 aromatic rings. The molecule has 0 saturated carbocycles. The van der Waals surface area contributed by atoms with Crippen LogP contribution in [0.5, 0.6) is 0 Å². The summed E-state index contributed by atoms with van der Waals surface area (Å²) in [6, 6.07) is 15.6. The zero-order valence-corrected chi connectivity index (χ0v) is 15.0. The van der Waals surface area contributed by atoms with Gasteiger partial charge in [-0.15, -0.1) is 0 Å². The van der Waals surface area contributed by atoms with E-state index in [2.05, 4.69) is 10.4 Å². The molecule has 140 valence electrons. The van der Waals surface area contributed by atoms with E-state index in [4.69, 9.17) is 0 Å². The van der Waals surface area contributed by atoms with Gasteiger partial charge >= 0.3 is 12.0 Å². The molecule has 1 amide bonds. The minimum atomic E-state index is -1.22. The predicted molar refractivity (Wildman–Crippen MR) is 106 cm³/mol. The number of carbonyl (C=O) groups excluding carboxylic acids is 1. The fourth-order valence-electron chi connectivity index (χ4n) is 3.40. The number of aromatic carboxylic acids is 1. The molecule has 0 radical (unpaired) electrons. The van der Waals surface area contributed by atoms with Gasteiger partial charge in [-0.3, -0.25) is 9.89 Å². The van der Waals surface area contributed by atoms with Crippen LogP contribution < -0.4 is 10.9 Å². The zero-order chi connectivity index (χ0) is 19.8. The number of aromatic nitrogens is 2. The van der Waals surface area contributed by atoms with Crippen LogP contribution in [0.3, 0.4) is 0 Å². The van der Waals surface area contributed by atoms with Crippen LogP contribution in [-0.4, -0.2) is 26.9 Å². The lowest BCUT2D eigenvalue weighted by molar-refractivity contribution is 0.0699. The Balaban J connectivity index is 1.66. The van der Waals surface area contributed by atoms with Gasteiger partial charge in [-0.25, -0.2) is 9.59 Å². The summed E-state index contributed by atoms with van der Waals surface area (Å²) >= 11 is 0. The Morgan fingerprint density at radius 3 is 2.54 bits per heavy atom. The lowest BCUT2D eigenvalue weighted by Crippen LogP contribution is -2.35. The Hall–Kier alpha value is -3.87. The van der Waals surface area contributed by atoms with Crippen molar-refractivity contribution in [3.05, 3.63) is 81.6 Å². The first-order valence-corrected chi connectivity index (χ1v) is 8.70. The van der Waals surface area contributed by atoms with E-state index in [0.717, 1.165) is 26.6 Å². The molecule has 28 heavy (non-hydrogen) atoms. The molecule has 0 aliphatic carbocycles. The van der Waals surface area contributed by atoms with Crippen molar-refractivity contribution in [2.45, 2.75) is 13.5 Å². The second-order valence-corrected chi connectivity index (χ2v) is 6.53. The molecule has 0 bridgehead atoms. The Morgan fingerprint density at radius 1 is 1.04 bits per heavy atom. The molecule has 7 heteroatoms. The monoisotopic (exact) mass is 375 g/mol. The van der Waals surface area contributed by atoms with Crippen molar-refractivity contribution in [1.82, 2.24) is 15.1 Å². The van der Waals surface area contributed by atoms with Gasteiger partial charge in [-0.2, -0.15) is 4.68 Å². The normalized spacial score (nSPS) is 11.0. The molecular formula is C21H17N3O4. The molecule has 0 fully saturated rings. The van der Waals surface area contributed by atoms with Crippen molar-refractivity contribution < 1.29 is 14.7 Å². The van der Waals surface area contributed by atoms with E-state index in [1.54, 1.807) is 6.07 Å². The quantitative estimate of drug-likeness (QED) is 0.511. The van der Waals surface area contributed by atoms with Crippen molar-refractivity contribution in [3.63, 3.8) is 0 Å². The average Bonchev–Trinajstić information content (AvgIpc) is 3.04. The maximum atomic E-state index is 12.6. The molecule has 0 saturated heterocycles. The first-order chi connectivity index (χ1) is 13.5. The number of hydrogen-bond donors (Lipinski definition) is 3. The van der Waals surface area contributed by atoms with E-state index in [-0.39, 0.29) is 17.5 Å². The first kappa shape index (κ1) is 17.5. The minimum Gasteiger partial charge on any atom is -0.478 e. The number of carbonyl (C=O) groups is 2. The third-order valence-corrected chi connectivity index (χ3v) is 4.81. The number of nitrogens with one attached hydrogen (secondary N) is 2. The van der Waals surface area contributed by atoms with Crippen molar-refractivity contribution >= 4 is 33.7 Å². The van der Waals surface area contributed by atoms with Crippen molar-refractivity contribution in [2.24, 2.45) is 0 Å². The summed E-state index contributed by atoms with van der Waals surface area (Å²) in [6.45, 7) is 2.25. The number of fused-ring (bicyclic) bond motifs is 2. The van der Waals surface area contributed by atoms with E-state index in [0.29, 0.717) is 5.52 Å². The highest BCUT2D eigenvalue weighted by molar-refractivity contribution is 6.03. The van der Waals surface area contributed by atoms with Gasteiger partial charge in [0.1, 0.15) is 0 Å². The van der Waals surface area contributed by atoms with Crippen LogP contribution in [0.25, 0.3) is 21.7 Å². The number of nitrogens with zero attached hydrogens (tertiary/aromatic N) is 1. The van der Waals surface area contributed by atoms with Gasteiger partial charge in [0.05, 0.1) is 16.5 Å². The summed E-state index contributed by atoms with van der Waals surface area (Å²) < 4.78 is 0.799. The van der Waals surface area contributed by atoms with Crippen LogP contribution in [0, 0.1) is 6.92 Å². The highest BCUT2D eigenvalue weighted by atomic mass is 16.4. The second kappa shape index (κ2) is 6.70. The second-order valence-electron chi connectivity index (χ2n) is 6.53. The third kappa shape index (κ3) is 2.83. The van der Waals surface area contributed by atoms with E-state index in [1.807, 2.05) is 43.3 Å². The molecule has 1 aromatic heterocycles. The number of aromatic amines is 1. The van der Waals surface area contributed by atoms with E-state index in [9.17, 15) is 19.5 Å². The van der Waals surface area contributed by atoms with E-state index < -0.39 is 17.6 Å². The summed E-state index contributed by atoms with van der Waals surface area (Å²) in [4.78, 5) is 36.5. The molecule has 7 nitrogen and oxygen atoms in total. The Bertz CT molecular complexity index is 1300. The highest BCUT2D eigenvalue weighted by Crippen LogP contribution is 2.22. The lowest BCUT2D eigenvalue weighted by Gasteiger charge is -2.10. The summed E-state index contributed by atoms with van der Waals surface area (Å²) in [6.07, 6.45) is 0. The minimum absolute atomic E-state index is 0.0223. The Labute approximate surface area is 159 Å². The molecule has 0 unspecified atom stereocenters. The standard InChI is InChI=1S/C21H17N3O4/c1-12-9-10-13(15-6-3-2-5-14(12)15)11-22-21(28)24-19(25)18-16(20(26)27)7-4-8-17(18)23-24/h2-10,23H,11H2,1H3,(H,22,28)(H,26,27). The average molecular weight is 375 g/mol. The SMILES string of the molecule is Cc1ccc(CNC(=O)n2[nH]c3cccc(C(=O)O)c3c2=O)c2ccccc12. The Kier molecular flexibility index (Phi) is 4.19. The number of amides is 1. The number of H-pyrrole nitrogens is 1. The van der Waals surface area contributed by atoms with E-state index in [1.165, 1.54) is 12.1 Å². The maximum absolute atomic E-state index is 12.6. The molecular weight excluding hydrogens is 358 g/mol. The third-order valence-electron chi connectivity index (χ3n) is 4.81. The predicted octanol–water partition coefficient (Wildman–Crippen LogP) is 3.25. The van der Waals surface area contributed by atoms with Gasteiger partial charge < -0.3 is 10.4 Å². The van der Waals surface area contributed by atoms with Gasteiger partial charge in [0.25, 0.3) is 5.56 Å².